The smallest absolute Gasteiger partial charge is 0.0796 e. The van der Waals surface area contributed by atoms with Gasteiger partial charge in [0.05, 0.1) is 18.3 Å². The molecule has 3 unspecified atom stereocenters. The number of aliphatic hydroxyl groups excluding tert-OH is 1. The zero-order chi connectivity index (χ0) is 18.4. The Balaban J connectivity index is 1.70. The van der Waals surface area contributed by atoms with Gasteiger partial charge in [-0.15, -0.1) is 0 Å². The first-order valence-electron chi connectivity index (χ1n) is 10.5. The minimum Gasteiger partial charge on any atom is -0.393 e. The average Bonchev–Trinajstić information content (AvgIpc) is 2.74. The molecule has 2 saturated heterocycles. The second kappa shape index (κ2) is 5.11. The molecule has 1 N–H and O–H groups in total. The lowest BCUT2D eigenvalue weighted by Gasteiger charge is -2.64. The first-order valence-corrected chi connectivity index (χ1v) is 10.5. The summed E-state index contributed by atoms with van der Waals surface area (Å²) in [4.78, 5) is 4.89. The van der Waals surface area contributed by atoms with Crippen molar-refractivity contribution in [2.45, 2.75) is 83.8 Å². The van der Waals surface area contributed by atoms with E-state index in [1.165, 1.54) is 25.7 Å². The summed E-state index contributed by atoms with van der Waals surface area (Å²) in [7, 11) is 0. The molecule has 3 saturated carbocycles. The minimum absolute atomic E-state index is 0.104. The predicted molar refractivity (Wildman–Crippen MR) is 102 cm³/mol. The van der Waals surface area contributed by atoms with Crippen molar-refractivity contribution in [2.24, 2.45) is 22.2 Å². The highest BCUT2D eigenvalue weighted by atomic mass is 16.5. The van der Waals surface area contributed by atoms with Gasteiger partial charge in [-0.3, -0.25) is 4.98 Å². The summed E-state index contributed by atoms with van der Waals surface area (Å²) in [5, 5.41) is 11.4. The fourth-order valence-electron chi connectivity index (χ4n) is 8.13. The summed E-state index contributed by atoms with van der Waals surface area (Å²) in [5.74, 6) is 0.461. The highest BCUT2D eigenvalue weighted by Crippen LogP contribution is 2.78. The molecule has 5 fully saturated rings. The van der Waals surface area contributed by atoms with E-state index in [9.17, 15) is 5.11 Å². The van der Waals surface area contributed by atoms with Crippen molar-refractivity contribution in [1.29, 1.82) is 0 Å². The van der Waals surface area contributed by atoms with Gasteiger partial charge in [0, 0.05) is 28.6 Å². The molecular formula is C23H33NO2. The Hall–Kier alpha value is -0.930. The van der Waals surface area contributed by atoms with Gasteiger partial charge in [0.25, 0.3) is 0 Å². The van der Waals surface area contributed by atoms with E-state index in [1.54, 1.807) is 0 Å². The Morgan fingerprint density at radius 2 is 1.88 bits per heavy atom. The van der Waals surface area contributed by atoms with Crippen molar-refractivity contribution in [2.75, 3.05) is 6.61 Å². The lowest BCUT2D eigenvalue weighted by atomic mass is 9.39. The standard InChI is InChI=1S/C23H33NO2/c1-15-8-7-9-17(24-15)16-12-20(2)19-18(25)13-23(14-26-22(16,19)4)11-6-5-10-21(20,23)3/h7-9,16,18-19,25H,5-6,10-14H2,1-4H3/t16-,18-,19-,20-,21?,22?,23?/m1/s1. The van der Waals surface area contributed by atoms with Gasteiger partial charge in [-0.05, 0) is 62.5 Å². The molecule has 3 aliphatic carbocycles. The summed E-state index contributed by atoms with van der Waals surface area (Å²) in [6, 6.07) is 6.36. The van der Waals surface area contributed by atoms with Gasteiger partial charge in [0.15, 0.2) is 0 Å². The monoisotopic (exact) mass is 355 g/mol. The summed E-state index contributed by atoms with van der Waals surface area (Å²) in [6.45, 7) is 10.2. The van der Waals surface area contributed by atoms with Crippen LogP contribution in [0.1, 0.15) is 76.6 Å². The van der Waals surface area contributed by atoms with Crippen LogP contribution in [0.5, 0.6) is 0 Å². The highest BCUT2D eigenvalue weighted by molar-refractivity contribution is 5.31. The third kappa shape index (κ3) is 1.80. The van der Waals surface area contributed by atoms with Crippen molar-refractivity contribution in [1.82, 2.24) is 4.98 Å². The lowest BCUT2D eigenvalue weighted by Crippen LogP contribution is -2.62. The van der Waals surface area contributed by atoms with Gasteiger partial charge in [0.2, 0.25) is 0 Å². The van der Waals surface area contributed by atoms with E-state index < -0.39 is 0 Å². The zero-order valence-electron chi connectivity index (χ0n) is 16.7. The van der Waals surface area contributed by atoms with Crippen LogP contribution in [0.3, 0.4) is 0 Å². The maximum Gasteiger partial charge on any atom is 0.0796 e. The molecule has 6 rings (SSSR count). The number of hydrogen-bond donors (Lipinski definition) is 1. The number of fused-ring (bicyclic) bond motifs is 2. The molecule has 3 heterocycles. The quantitative estimate of drug-likeness (QED) is 0.799. The Labute approximate surface area is 157 Å². The molecule has 7 atom stereocenters. The van der Waals surface area contributed by atoms with E-state index in [1.807, 2.05) is 0 Å². The molecule has 142 valence electrons. The molecule has 1 spiro atoms. The fourth-order valence-corrected chi connectivity index (χ4v) is 8.13. The van der Waals surface area contributed by atoms with Crippen LogP contribution in [0.25, 0.3) is 0 Å². The Morgan fingerprint density at radius 1 is 1.12 bits per heavy atom. The maximum atomic E-state index is 11.4. The topological polar surface area (TPSA) is 42.4 Å². The number of rotatable bonds is 1. The first kappa shape index (κ1) is 17.2. The van der Waals surface area contributed by atoms with E-state index >= 15 is 0 Å². The van der Waals surface area contributed by atoms with E-state index in [-0.39, 0.29) is 39.8 Å². The molecule has 3 nitrogen and oxygen atoms in total. The second-order valence-electron chi connectivity index (χ2n) is 10.4. The van der Waals surface area contributed by atoms with Crippen LogP contribution in [0, 0.1) is 29.1 Å². The molecular weight excluding hydrogens is 322 g/mol. The third-order valence-corrected chi connectivity index (χ3v) is 9.55. The van der Waals surface area contributed by atoms with Gasteiger partial charge < -0.3 is 9.84 Å². The molecule has 0 radical (unpaired) electrons. The van der Waals surface area contributed by atoms with Gasteiger partial charge in [-0.2, -0.15) is 0 Å². The van der Waals surface area contributed by atoms with E-state index in [0.29, 0.717) is 0 Å². The number of aryl methyl sites for hydroxylation is 1. The van der Waals surface area contributed by atoms with Crippen molar-refractivity contribution >= 4 is 0 Å². The van der Waals surface area contributed by atoms with Crippen LogP contribution in [0.15, 0.2) is 18.2 Å². The summed E-state index contributed by atoms with van der Waals surface area (Å²) in [6.07, 6.45) is 6.85. The molecule has 0 aromatic carbocycles. The first-order chi connectivity index (χ1) is 12.3. The number of aromatic nitrogens is 1. The molecule has 5 aliphatic rings. The normalized spacial score (nSPS) is 52.6. The fraction of sp³-hybridized carbons (Fsp3) is 0.783. The number of aliphatic hydroxyl groups is 1. The average molecular weight is 356 g/mol. The predicted octanol–water partition coefficient (Wildman–Crippen LogP) is 4.62. The molecule has 4 bridgehead atoms. The molecule has 1 aromatic heterocycles. The molecule has 26 heavy (non-hydrogen) atoms. The van der Waals surface area contributed by atoms with E-state index in [2.05, 4.69) is 45.9 Å². The van der Waals surface area contributed by atoms with E-state index in [0.717, 1.165) is 30.8 Å². The molecule has 2 aliphatic heterocycles. The summed E-state index contributed by atoms with van der Waals surface area (Å²) < 4.78 is 6.84. The van der Waals surface area contributed by atoms with E-state index in [4.69, 9.17) is 9.72 Å². The van der Waals surface area contributed by atoms with Crippen molar-refractivity contribution in [3.8, 4) is 0 Å². The van der Waals surface area contributed by atoms with Crippen molar-refractivity contribution < 1.29 is 9.84 Å². The van der Waals surface area contributed by atoms with Crippen LogP contribution >= 0.6 is 0 Å². The SMILES string of the molecule is Cc1cccc([C@H]2C[C@]3(C)[C@H]4[C@H](O)CC5(CCCCC53C)COC24C)n1. The van der Waals surface area contributed by atoms with Crippen LogP contribution in [0.4, 0.5) is 0 Å². The summed E-state index contributed by atoms with van der Waals surface area (Å²) >= 11 is 0. The van der Waals surface area contributed by atoms with Gasteiger partial charge in [0.1, 0.15) is 0 Å². The van der Waals surface area contributed by atoms with Gasteiger partial charge in [-0.1, -0.05) is 32.8 Å². The Morgan fingerprint density at radius 3 is 2.65 bits per heavy atom. The van der Waals surface area contributed by atoms with Crippen LogP contribution in [-0.2, 0) is 4.74 Å². The number of ether oxygens (including phenoxy) is 1. The molecule has 0 amide bonds. The summed E-state index contributed by atoms with van der Waals surface area (Å²) in [5.41, 5.74) is 2.41. The van der Waals surface area contributed by atoms with Gasteiger partial charge >= 0.3 is 0 Å². The third-order valence-electron chi connectivity index (χ3n) is 9.55. The van der Waals surface area contributed by atoms with Crippen molar-refractivity contribution in [3.05, 3.63) is 29.6 Å². The highest BCUT2D eigenvalue weighted by Gasteiger charge is 2.76. The van der Waals surface area contributed by atoms with Crippen molar-refractivity contribution in [3.63, 3.8) is 0 Å². The van der Waals surface area contributed by atoms with Crippen LogP contribution in [0.2, 0.25) is 0 Å². The Kier molecular flexibility index (Phi) is 3.38. The zero-order valence-corrected chi connectivity index (χ0v) is 16.7. The largest absolute Gasteiger partial charge is 0.393 e. The Bertz CT molecular complexity index is 749. The number of pyridine rings is 1. The van der Waals surface area contributed by atoms with Crippen LogP contribution in [-0.4, -0.2) is 28.4 Å². The minimum atomic E-state index is -0.321. The van der Waals surface area contributed by atoms with Gasteiger partial charge in [-0.25, -0.2) is 0 Å². The number of nitrogens with zero attached hydrogens (tertiary/aromatic N) is 1. The molecule has 1 aromatic rings. The lowest BCUT2D eigenvalue weighted by molar-refractivity contribution is -0.188. The van der Waals surface area contributed by atoms with Crippen LogP contribution < -0.4 is 0 Å². The molecule has 3 heteroatoms. The maximum absolute atomic E-state index is 11.4. The second-order valence-corrected chi connectivity index (χ2v) is 10.4. The number of hydrogen-bond acceptors (Lipinski definition) is 3.